The molecule has 0 aliphatic carbocycles. The normalized spacial score (nSPS) is 10.2. The van der Waals surface area contributed by atoms with E-state index >= 15 is 0 Å². The van der Waals surface area contributed by atoms with Crippen molar-refractivity contribution in [3.05, 3.63) is 45.8 Å². The molecule has 0 aliphatic rings. The van der Waals surface area contributed by atoms with Gasteiger partial charge in [0.2, 0.25) is 0 Å². The average Bonchev–Trinajstić information content (AvgIpc) is 3.01. The van der Waals surface area contributed by atoms with E-state index < -0.39 is 17.9 Å². The van der Waals surface area contributed by atoms with Gasteiger partial charge in [0.05, 0.1) is 19.8 Å². The number of benzene rings is 1. The number of esters is 3. The fourth-order valence-corrected chi connectivity index (χ4v) is 3.30. The zero-order chi connectivity index (χ0) is 20.1. The van der Waals surface area contributed by atoms with Gasteiger partial charge in [-0.1, -0.05) is 0 Å². The number of nitrogens with two attached hydrogens (primary N) is 1. The van der Waals surface area contributed by atoms with Crippen LogP contribution in [0.3, 0.4) is 0 Å². The van der Waals surface area contributed by atoms with Crippen LogP contribution in [-0.4, -0.2) is 46.2 Å². The van der Waals surface area contributed by atoms with Gasteiger partial charge in [-0.3, -0.25) is 0 Å². The van der Waals surface area contributed by atoms with Gasteiger partial charge in [0.1, 0.15) is 22.0 Å². The molecule has 0 radical (unpaired) electrons. The van der Waals surface area contributed by atoms with Crippen LogP contribution in [0.4, 0.5) is 10.7 Å². The number of rotatable bonds is 6. The van der Waals surface area contributed by atoms with Crippen molar-refractivity contribution in [1.82, 2.24) is 0 Å². The molecule has 0 fully saturated rings. The lowest BCUT2D eigenvalue weighted by Crippen LogP contribution is -2.13. The molecule has 0 bridgehead atoms. The van der Waals surface area contributed by atoms with Crippen molar-refractivity contribution in [3.8, 4) is 0 Å². The van der Waals surface area contributed by atoms with Crippen LogP contribution in [0, 0.1) is 0 Å². The third-order valence-corrected chi connectivity index (χ3v) is 4.80. The fourth-order valence-electron chi connectivity index (χ4n) is 2.32. The maximum absolute atomic E-state index is 12.3. The molecule has 8 nitrogen and oxygen atoms in total. The molecule has 0 unspecified atom stereocenters. The van der Waals surface area contributed by atoms with Crippen molar-refractivity contribution >= 4 is 39.9 Å². The van der Waals surface area contributed by atoms with E-state index in [1.807, 2.05) is 19.0 Å². The molecule has 27 heavy (non-hydrogen) atoms. The van der Waals surface area contributed by atoms with Crippen molar-refractivity contribution in [3.63, 3.8) is 0 Å². The summed E-state index contributed by atoms with van der Waals surface area (Å²) in [6.07, 6.45) is 0. The molecule has 0 atom stereocenters. The van der Waals surface area contributed by atoms with Crippen LogP contribution in [0.15, 0.2) is 24.3 Å². The smallest absolute Gasteiger partial charge is 0.348 e. The lowest BCUT2D eigenvalue weighted by atomic mass is 10.1. The summed E-state index contributed by atoms with van der Waals surface area (Å²) in [5.74, 6) is -2.00. The first-order valence-electron chi connectivity index (χ1n) is 7.82. The molecule has 0 saturated heterocycles. The topological polar surface area (TPSA) is 108 Å². The third-order valence-electron chi connectivity index (χ3n) is 3.76. The minimum Gasteiger partial charge on any atom is -0.465 e. The molecule has 1 aromatic carbocycles. The van der Waals surface area contributed by atoms with E-state index in [1.165, 1.54) is 14.2 Å². The lowest BCUT2D eigenvalue weighted by molar-refractivity contribution is 0.0452. The van der Waals surface area contributed by atoms with Crippen LogP contribution in [0.2, 0.25) is 0 Å². The predicted octanol–water partition coefficient (Wildman–Crippen LogP) is 2.33. The summed E-state index contributed by atoms with van der Waals surface area (Å²) in [6.45, 7) is -0.323. The van der Waals surface area contributed by atoms with E-state index in [4.69, 9.17) is 19.9 Å². The number of carbonyl (C=O) groups is 3. The zero-order valence-corrected chi connectivity index (χ0v) is 16.2. The minimum atomic E-state index is -0.722. The Morgan fingerprint density at radius 2 is 1.59 bits per heavy atom. The summed E-state index contributed by atoms with van der Waals surface area (Å²) in [4.78, 5) is 38.3. The van der Waals surface area contributed by atoms with Gasteiger partial charge in [-0.15, -0.1) is 11.3 Å². The number of hydrogen-bond acceptors (Lipinski definition) is 9. The Morgan fingerprint density at radius 3 is 2.11 bits per heavy atom. The number of nitrogens with zero attached hydrogens (tertiary/aromatic N) is 1. The van der Waals surface area contributed by atoms with Crippen molar-refractivity contribution in [2.75, 3.05) is 38.9 Å². The van der Waals surface area contributed by atoms with Gasteiger partial charge < -0.3 is 24.8 Å². The quantitative estimate of drug-likeness (QED) is 0.589. The SMILES string of the molecule is COC(=O)c1sc(N)c(C(=O)OC)c1COC(=O)c1ccc(N(C)C)cc1. The van der Waals surface area contributed by atoms with Gasteiger partial charge in [0, 0.05) is 25.3 Å². The molecule has 2 rings (SSSR count). The number of carbonyl (C=O) groups excluding carboxylic acids is 3. The highest BCUT2D eigenvalue weighted by atomic mass is 32.1. The van der Waals surface area contributed by atoms with Crippen LogP contribution < -0.4 is 10.6 Å². The van der Waals surface area contributed by atoms with E-state index in [0.717, 1.165) is 17.0 Å². The molecule has 1 heterocycles. The number of ether oxygens (including phenoxy) is 3. The molecule has 0 amide bonds. The molecule has 1 aromatic heterocycles. The average molecular weight is 392 g/mol. The van der Waals surface area contributed by atoms with E-state index in [-0.39, 0.29) is 27.6 Å². The second-order valence-electron chi connectivity index (χ2n) is 5.65. The second-order valence-corrected chi connectivity index (χ2v) is 6.70. The molecule has 144 valence electrons. The van der Waals surface area contributed by atoms with Crippen LogP contribution in [0.25, 0.3) is 0 Å². The second kappa shape index (κ2) is 8.54. The Labute approximate surface area is 160 Å². The van der Waals surface area contributed by atoms with Gasteiger partial charge in [-0.2, -0.15) is 0 Å². The van der Waals surface area contributed by atoms with Gasteiger partial charge in [-0.05, 0) is 24.3 Å². The summed E-state index contributed by atoms with van der Waals surface area (Å²) >= 11 is 0.876. The number of thiophene rings is 1. The summed E-state index contributed by atoms with van der Waals surface area (Å²) in [5.41, 5.74) is 7.26. The maximum Gasteiger partial charge on any atom is 0.348 e. The summed E-state index contributed by atoms with van der Waals surface area (Å²) in [5, 5.41) is 0.0867. The molecular weight excluding hydrogens is 372 g/mol. The highest BCUT2D eigenvalue weighted by Gasteiger charge is 2.28. The third kappa shape index (κ3) is 4.37. The Morgan fingerprint density at radius 1 is 1.00 bits per heavy atom. The largest absolute Gasteiger partial charge is 0.465 e. The Bertz CT molecular complexity index is 857. The van der Waals surface area contributed by atoms with Crippen LogP contribution in [0.5, 0.6) is 0 Å². The molecule has 2 N–H and O–H groups in total. The van der Waals surface area contributed by atoms with Gasteiger partial charge in [0.15, 0.2) is 0 Å². The highest BCUT2D eigenvalue weighted by Crippen LogP contribution is 2.33. The standard InChI is InChI=1S/C18H20N2O6S/c1-20(2)11-7-5-10(6-8-11)16(21)26-9-12-13(17(22)24-3)15(19)27-14(12)18(23)25-4/h5-8H,9,19H2,1-4H3. The van der Waals surface area contributed by atoms with E-state index in [0.29, 0.717) is 5.56 Å². The first-order valence-corrected chi connectivity index (χ1v) is 8.64. The summed E-state index contributed by atoms with van der Waals surface area (Å²) in [7, 11) is 6.17. The summed E-state index contributed by atoms with van der Waals surface area (Å²) in [6, 6.07) is 6.81. The molecule has 9 heteroatoms. The Hall–Kier alpha value is -3.07. The Kier molecular flexibility index (Phi) is 6.40. The highest BCUT2D eigenvalue weighted by molar-refractivity contribution is 7.18. The lowest BCUT2D eigenvalue weighted by Gasteiger charge is -2.12. The molecule has 0 aliphatic heterocycles. The Balaban J connectivity index is 2.26. The molecule has 0 saturated carbocycles. The van der Waals surface area contributed by atoms with E-state index in [1.54, 1.807) is 24.3 Å². The molecular formula is C18H20N2O6S. The van der Waals surface area contributed by atoms with Crippen LogP contribution in [-0.2, 0) is 20.8 Å². The monoisotopic (exact) mass is 392 g/mol. The van der Waals surface area contributed by atoms with Crippen LogP contribution >= 0.6 is 11.3 Å². The molecule has 2 aromatic rings. The first kappa shape index (κ1) is 20.2. The van der Waals surface area contributed by atoms with Crippen molar-refractivity contribution in [2.24, 2.45) is 0 Å². The minimum absolute atomic E-state index is 0.00124. The number of methoxy groups -OCH3 is 2. The fraction of sp³-hybridized carbons (Fsp3) is 0.278. The predicted molar refractivity (Wildman–Crippen MR) is 101 cm³/mol. The van der Waals surface area contributed by atoms with Crippen LogP contribution in [0.1, 0.15) is 36.0 Å². The van der Waals surface area contributed by atoms with E-state index in [2.05, 4.69) is 0 Å². The van der Waals surface area contributed by atoms with Crippen molar-refractivity contribution < 1.29 is 28.6 Å². The van der Waals surface area contributed by atoms with E-state index in [9.17, 15) is 14.4 Å². The first-order chi connectivity index (χ1) is 12.8. The van der Waals surface area contributed by atoms with Gasteiger partial charge in [-0.25, -0.2) is 14.4 Å². The van der Waals surface area contributed by atoms with Crippen molar-refractivity contribution in [2.45, 2.75) is 6.61 Å². The number of hydrogen-bond donors (Lipinski definition) is 1. The van der Waals surface area contributed by atoms with Gasteiger partial charge in [0.25, 0.3) is 0 Å². The van der Waals surface area contributed by atoms with Crippen molar-refractivity contribution in [1.29, 1.82) is 0 Å². The van der Waals surface area contributed by atoms with Gasteiger partial charge >= 0.3 is 17.9 Å². The number of nitrogen functional groups attached to an aromatic ring is 1. The molecule has 0 spiro atoms. The summed E-state index contributed by atoms with van der Waals surface area (Å²) < 4.78 is 14.7. The zero-order valence-electron chi connectivity index (χ0n) is 15.4. The number of anilines is 2. The maximum atomic E-state index is 12.3.